The van der Waals surface area contributed by atoms with Gasteiger partial charge in [-0.3, -0.25) is 25.0 Å². The van der Waals surface area contributed by atoms with Gasteiger partial charge >= 0.3 is 0 Å². The van der Waals surface area contributed by atoms with Gasteiger partial charge in [0.25, 0.3) is 11.4 Å². The highest BCUT2D eigenvalue weighted by Crippen LogP contribution is 2.42. The summed E-state index contributed by atoms with van der Waals surface area (Å²) in [5, 5.41) is 22.0. The summed E-state index contributed by atoms with van der Waals surface area (Å²) in [4.78, 5) is 33.3. The predicted octanol–water partition coefficient (Wildman–Crippen LogP) is 3.33. The standard InChI is InChI=1S/C15H10N2O5/c1-7-3-9-10-4-8(2)14(17(21)22)6-12(10)15(18)11(9)5-13(7)16(19)20/h3-6H,1-2H3. The van der Waals surface area contributed by atoms with E-state index in [0.29, 0.717) is 22.3 Å². The maximum atomic E-state index is 12.4. The average molecular weight is 298 g/mol. The summed E-state index contributed by atoms with van der Waals surface area (Å²) < 4.78 is 0. The minimum absolute atomic E-state index is 0.133. The molecular weight excluding hydrogens is 288 g/mol. The van der Waals surface area contributed by atoms with Crippen LogP contribution in [0.3, 0.4) is 0 Å². The zero-order chi connectivity index (χ0) is 16.2. The Morgan fingerprint density at radius 2 is 1.09 bits per heavy atom. The van der Waals surface area contributed by atoms with Crippen LogP contribution in [-0.2, 0) is 0 Å². The molecule has 0 heterocycles. The van der Waals surface area contributed by atoms with Crippen LogP contribution in [-0.4, -0.2) is 15.6 Å². The highest BCUT2D eigenvalue weighted by Gasteiger charge is 2.32. The number of ketones is 1. The normalized spacial score (nSPS) is 12.0. The van der Waals surface area contributed by atoms with E-state index in [4.69, 9.17) is 0 Å². The number of carbonyl (C=O) groups excluding carboxylic acids is 1. The van der Waals surface area contributed by atoms with Crippen LogP contribution in [0.1, 0.15) is 27.0 Å². The number of rotatable bonds is 2. The lowest BCUT2D eigenvalue weighted by Gasteiger charge is -2.04. The summed E-state index contributed by atoms with van der Waals surface area (Å²) in [7, 11) is 0. The second kappa shape index (κ2) is 4.45. The van der Waals surface area contributed by atoms with Gasteiger partial charge < -0.3 is 0 Å². The van der Waals surface area contributed by atoms with Crippen molar-refractivity contribution in [3.05, 3.63) is 66.7 Å². The van der Waals surface area contributed by atoms with Crippen LogP contribution in [0.15, 0.2) is 24.3 Å². The first kappa shape index (κ1) is 13.9. The molecule has 0 unspecified atom stereocenters. The Hall–Kier alpha value is -3.09. The van der Waals surface area contributed by atoms with Gasteiger partial charge in [-0.1, -0.05) is 0 Å². The van der Waals surface area contributed by atoms with Crippen LogP contribution in [0.4, 0.5) is 11.4 Å². The summed E-state index contributed by atoms with van der Waals surface area (Å²) in [5.74, 6) is -0.420. The smallest absolute Gasteiger partial charge is 0.273 e. The van der Waals surface area contributed by atoms with Gasteiger partial charge in [-0.2, -0.15) is 0 Å². The molecule has 0 bridgehead atoms. The summed E-state index contributed by atoms with van der Waals surface area (Å²) in [6, 6.07) is 5.66. The van der Waals surface area contributed by atoms with Crippen LogP contribution in [0, 0.1) is 34.1 Å². The maximum Gasteiger partial charge on any atom is 0.273 e. The SMILES string of the molecule is Cc1cc2c(cc1[N+](=O)[O-])C(=O)c1cc([N+](=O)[O-])c(C)cc1-2. The fourth-order valence-corrected chi connectivity index (χ4v) is 2.75. The van der Waals surface area contributed by atoms with Crippen molar-refractivity contribution in [2.45, 2.75) is 13.8 Å². The van der Waals surface area contributed by atoms with Gasteiger partial charge in [-0.25, -0.2) is 0 Å². The quantitative estimate of drug-likeness (QED) is 0.533. The fraction of sp³-hybridized carbons (Fsp3) is 0.133. The molecule has 110 valence electrons. The Bertz CT molecular complexity index is 814. The maximum absolute atomic E-state index is 12.4. The van der Waals surface area contributed by atoms with Crippen molar-refractivity contribution >= 4 is 17.2 Å². The molecule has 0 amide bonds. The van der Waals surface area contributed by atoms with E-state index in [1.54, 1.807) is 26.0 Å². The molecule has 0 aliphatic heterocycles. The number of carbonyl (C=O) groups is 1. The first-order valence-corrected chi connectivity index (χ1v) is 6.44. The summed E-state index contributed by atoms with van der Waals surface area (Å²) >= 11 is 0. The van der Waals surface area contributed by atoms with Crippen molar-refractivity contribution in [1.29, 1.82) is 0 Å². The van der Waals surface area contributed by atoms with E-state index in [2.05, 4.69) is 0 Å². The van der Waals surface area contributed by atoms with Crippen LogP contribution >= 0.6 is 0 Å². The van der Waals surface area contributed by atoms with Crippen LogP contribution in [0.25, 0.3) is 11.1 Å². The molecule has 7 heteroatoms. The van der Waals surface area contributed by atoms with Crippen molar-refractivity contribution in [2.24, 2.45) is 0 Å². The lowest BCUT2D eigenvalue weighted by atomic mass is 10.00. The second-order valence-corrected chi connectivity index (χ2v) is 5.21. The number of hydrogen-bond donors (Lipinski definition) is 0. The molecule has 0 spiro atoms. The molecule has 0 saturated carbocycles. The number of aryl methyl sites for hydroxylation is 2. The van der Waals surface area contributed by atoms with Crippen molar-refractivity contribution in [3.8, 4) is 11.1 Å². The molecule has 0 N–H and O–H groups in total. The molecule has 2 aromatic carbocycles. The number of nitro groups is 2. The van der Waals surface area contributed by atoms with E-state index in [0.717, 1.165) is 0 Å². The zero-order valence-electron chi connectivity index (χ0n) is 11.7. The van der Waals surface area contributed by atoms with Gasteiger partial charge in [-0.05, 0) is 37.1 Å². The lowest BCUT2D eigenvalue weighted by molar-refractivity contribution is -0.385. The predicted molar refractivity (Wildman–Crippen MR) is 78.1 cm³/mol. The van der Waals surface area contributed by atoms with Crippen LogP contribution < -0.4 is 0 Å². The lowest BCUT2D eigenvalue weighted by Crippen LogP contribution is -1.99. The Labute approximate surface area is 124 Å². The van der Waals surface area contributed by atoms with Gasteiger partial charge in [0.1, 0.15) is 0 Å². The third kappa shape index (κ3) is 1.79. The average Bonchev–Trinajstić information content (AvgIpc) is 2.69. The Morgan fingerprint density at radius 1 is 0.727 bits per heavy atom. The van der Waals surface area contributed by atoms with Gasteiger partial charge in [0, 0.05) is 34.4 Å². The zero-order valence-corrected chi connectivity index (χ0v) is 11.7. The van der Waals surface area contributed by atoms with E-state index < -0.39 is 15.6 Å². The molecule has 0 atom stereocenters. The molecule has 0 radical (unpaired) electrons. The molecule has 0 aromatic heterocycles. The van der Waals surface area contributed by atoms with E-state index in [9.17, 15) is 25.0 Å². The van der Waals surface area contributed by atoms with Crippen molar-refractivity contribution in [3.63, 3.8) is 0 Å². The van der Waals surface area contributed by atoms with Crippen molar-refractivity contribution in [2.75, 3.05) is 0 Å². The van der Waals surface area contributed by atoms with E-state index in [1.165, 1.54) is 12.1 Å². The van der Waals surface area contributed by atoms with Crippen LogP contribution in [0.2, 0.25) is 0 Å². The molecule has 2 aromatic rings. The minimum atomic E-state index is -0.542. The molecular formula is C15H10N2O5. The monoisotopic (exact) mass is 298 g/mol. The van der Waals surface area contributed by atoms with E-state index in [1.807, 2.05) is 0 Å². The van der Waals surface area contributed by atoms with E-state index >= 15 is 0 Å². The second-order valence-electron chi connectivity index (χ2n) is 5.21. The van der Waals surface area contributed by atoms with Gasteiger partial charge in [0.2, 0.25) is 0 Å². The molecule has 7 nitrogen and oxygen atoms in total. The number of fused-ring (bicyclic) bond motifs is 3. The summed E-state index contributed by atoms with van der Waals surface area (Å²) in [6.45, 7) is 3.19. The largest absolute Gasteiger partial charge is 0.289 e. The summed E-state index contributed by atoms with van der Waals surface area (Å²) in [6.07, 6.45) is 0. The highest BCUT2D eigenvalue weighted by molar-refractivity contribution is 6.22. The summed E-state index contributed by atoms with van der Waals surface area (Å²) in [5.41, 5.74) is 2.22. The first-order valence-electron chi connectivity index (χ1n) is 6.44. The minimum Gasteiger partial charge on any atom is -0.289 e. The highest BCUT2D eigenvalue weighted by atomic mass is 16.6. The number of hydrogen-bond acceptors (Lipinski definition) is 5. The third-order valence-electron chi connectivity index (χ3n) is 3.85. The molecule has 0 saturated heterocycles. The number of nitrogens with zero attached hydrogens (tertiary/aromatic N) is 2. The number of benzene rings is 2. The first-order chi connectivity index (χ1) is 10.3. The van der Waals surface area contributed by atoms with Crippen molar-refractivity contribution in [1.82, 2.24) is 0 Å². The number of nitro benzene ring substituents is 2. The Balaban J connectivity index is 2.30. The fourth-order valence-electron chi connectivity index (χ4n) is 2.75. The van der Waals surface area contributed by atoms with Gasteiger partial charge in [0.05, 0.1) is 9.85 Å². The van der Waals surface area contributed by atoms with Crippen molar-refractivity contribution < 1.29 is 14.6 Å². The molecule has 1 aliphatic rings. The molecule has 22 heavy (non-hydrogen) atoms. The van der Waals surface area contributed by atoms with Gasteiger partial charge in [0.15, 0.2) is 5.78 Å². The third-order valence-corrected chi connectivity index (χ3v) is 3.85. The molecule has 0 fully saturated rings. The Kier molecular flexibility index (Phi) is 2.81. The topological polar surface area (TPSA) is 103 Å². The van der Waals surface area contributed by atoms with Crippen LogP contribution in [0.5, 0.6) is 0 Å². The van der Waals surface area contributed by atoms with E-state index in [-0.39, 0.29) is 22.5 Å². The van der Waals surface area contributed by atoms with Gasteiger partial charge in [-0.15, -0.1) is 0 Å². The Morgan fingerprint density at radius 3 is 1.41 bits per heavy atom. The molecule has 1 aliphatic carbocycles. The molecule has 3 rings (SSSR count).